The fourth-order valence-corrected chi connectivity index (χ4v) is 10.2. The molecule has 3 aromatic carbocycles. The van der Waals surface area contributed by atoms with Crippen LogP contribution in [0.4, 0.5) is 5.69 Å². The zero-order valence-corrected chi connectivity index (χ0v) is 34.0. The Hall–Kier alpha value is -4.00. The molecule has 11 heteroatoms. The van der Waals surface area contributed by atoms with E-state index in [0.717, 1.165) is 41.6 Å². The molecule has 56 heavy (non-hydrogen) atoms. The van der Waals surface area contributed by atoms with Gasteiger partial charge in [0, 0.05) is 67.1 Å². The molecule has 10 atom stereocenters. The van der Waals surface area contributed by atoms with Crippen LogP contribution in [0.15, 0.2) is 66.7 Å². The Labute approximate surface area is 332 Å². The van der Waals surface area contributed by atoms with E-state index in [0.29, 0.717) is 35.6 Å². The molecule has 8 rings (SSSR count). The molecular formula is C45H61N5O6. The third kappa shape index (κ3) is 7.81. The summed E-state index contributed by atoms with van der Waals surface area (Å²) >= 11 is 0. The van der Waals surface area contributed by atoms with Crippen molar-refractivity contribution in [2.24, 2.45) is 29.1 Å². The lowest BCUT2D eigenvalue weighted by molar-refractivity contribution is -0.183. The summed E-state index contributed by atoms with van der Waals surface area (Å²) < 4.78 is 6.09. The molecule has 0 radical (unpaired) electrons. The zero-order chi connectivity index (χ0) is 39.9. The Bertz CT molecular complexity index is 1870. The summed E-state index contributed by atoms with van der Waals surface area (Å²) in [6.45, 7) is 8.93. The first-order valence-corrected chi connectivity index (χ1v) is 20.4. The summed E-state index contributed by atoms with van der Waals surface area (Å²) in [7, 11) is 5.51. The van der Waals surface area contributed by atoms with Crippen molar-refractivity contribution in [3.8, 4) is 16.9 Å². The van der Waals surface area contributed by atoms with Crippen molar-refractivity contribution in [1.82, 2.24) is 21.0 Å². The first kappa shape index (κ1) is 40.2. The van der Waals surface area contributed by atoms with Crippen LogP contribution < -0.4 is 25.6 Å². The number of methoxy groups -OCH3 is 1. The maximum absolute atomic E-state index is 14.3. The Kier molecular flexibility index (Phi) is 11.8. The maximum atomic E-state index is 14.3. The van der Waals surface area contributed by atoms with Crippen molar-refractivity contribution in [3.63, 3.8) is 0 Å². The lowest BCUT2D eigenvalue weighted by atomic mass is 9.45. The summed E-state index contributed by atoms with van der Waals surface area (Å²) in [5, 5.41) is 33.2. The number of carbonyl (C=O) groups excluding carboxylic acids is 2. The van der Waals surface area contributed by atoms with Crippen molar-refractivity contribution in [2.45, 2.75) is 96.3 Å². The lowest BCUT2D eigenvalue weighted by Crippen LogP contribution is -2.62. The first-order chi connectivity index (χ1) is 26.8. The number of nitrogens with zero attached hydrogens (tertiary/aromatic N) is 2. The Morgan fingerprint density at radius 3 is 2.50 bits per heavy atom. The van der Waals surface area contributed by atoms with Gasteiger partial charge in [0.2, 0.25) is 5.91 Å². The van der Waals surface area contributed by atoms with Crippen molar-refractivity contribution >= 4 is 17.5 Å². The van der Waals surface area contributed by atoms with E-state index < -0.39 is 24.2 Å². The number of aliphatic hydroxyl groups excluding tert-OH is 2. The Balaban J connectivity index is 1.11. The number of anilines is 1. The van der Waals surface area contributed by atoms with Gasteiger partial charge in [-0.2, -0.15) is 5.06 Å². The average Bonchev–Trinajstić information content (AvgIpc) is 3.82. The van der Waals surface area contributed by atoms with Crippen molar-refractivity contribution in [1.29, 1.82) is 0 Å². The molecule has 302 valence electrons. The van der Waals surface area contributed by atoms with Gasteiger partial charge in [-0.25, -0.2) is 0 Å². The fourth-order valence-electron chi connectivity index (χ4n) is 10.2. The standard InChI is InChI=1S/C45H61N5O6/c1-26-36-21-32(45(36,3)4)22-38(26)48-44(54)41-40(27(2)52)39(25-51)56-50(41)24-29-14-11-15-35(42(29)55-7)30-18-31(20-34(19-30)49(5)6)43(53)46-23-33-16-17-37(47-33)28-12-9-8-10-13-28/h8-15,18-20,26-27,32-33,36-41,47,51-52H,16-17,21-25H2,1-7H3,(H,46,53)(H,48,54)/t26-,27-,32+,33+,36+,37-,38-,39-,40-,41-/m0/s1. The van der Waals surface area contributed by atoms with Crippen LogP contribution in [0.1, 0.15) is 80.9 Å². The highest BCUT2D eigenvalue weighted by Crippen LogP contribution is 2.61. The van der Waals surface area contributed by atoms with Crippen LogP contribution in [-0.2, 0) is 16.2 Å². The summed E-state index contributed by atoms with van der Waals surface area (Å²) in [5.41, 5.74) is 5.32. The van der Waals surface area contributed by atoms with Crippen LogP contribution in [0.25, 0.3) is 11.1 Å². The number of hydroxylamine groups is 2. The van der Waals surface area contributed by atoms with Gasteiger partial charge in [0.05, 0.1) is 26.4 Å². The monoisotopic (exact) mass is 767 g/mol. The number of benzene rings is 3. The molecule has 3 aromatic rings. The molecule has 2 saturated heterocycles. The minimum absolute atomic E-state index is 0.0396. The molecular weight excluding hydrogens is 707 g/mol. The van der Waals surface area contributed by atoms with Crippen LogP contribution in [0.2, 0.25) is 0 Å². The van der Waals surface area contributed by atoms with Crippen molar-refractivity contribution < 1.29 is 29.4 Å². The van der Waals surface area contributed by atoms with Crippen LogP contribution in [-0.4, -0.2) is 91.8 Å². The van der Waals surface area contributed by atoms with Gasteiger partial charge in [0.15, 0.2) is 0 Å². The van der Waals surface area contributed by atoms with Crippen LogP contribution in [0.3, 0.4) is 0 Å². The van der Waals surface area contributed by atoms with Gasteiger partial charge in [0.25, 0.3) is 5.91 Å². The van der Waals surface area contributed by atoms with E-state index in [1.807, 2.05) is 61.5 Å². The summed E-state index contributed by atoms with van der Waals surface area (Å²) in [5.74, 6) is 1.06. The van der Waals surface area contributed by atoms with E-state index >= 15 is 0 Å². The molecule has 3 aliphatic carbocycles. The average molecular weight is 768 g/mol. The number of nitrogens with one attached hydrogen (secondary N) is 3. The number of aliphatic hydroxyl groups is 2. The molecule has 0 unspecified atom stereocenters. The molecule has 5 aliphatic rings. The molecule has 5 N–H and O–H groups in total. The number of hydrogen-bond donors (Lipinski definition) is 5. The van der Waals surface area contributed by atoms with Crippen LogP contribution >= 0.6 is 0 Å². The molecule has 2 heterocycles. The van der Waals surface area contributed by atoms with Crippen molar-refractivity contribution in [3.05, 3.63) is 83.4 Å². The van der Waals surface area contributed by atoms with Gasteiger partial charge in [0.1, 0.15) is 17.9 Å². The second kappa shape index (κ2) is 16.5. The van der Waals surface area contributed by atoms with E-state index in [1.54, 1.807) is 19.1 Å². The summed E-state index contributed by atoms with van der Waals surface area (Å²) in [6.07, 6.45) is 2.49. The number of ether oxygens (including phenoxy) is 1. The fraction of sp³-hybridized carbons (Fsp3) is 0.556. The second-order valence-corrected chi connectivity index (χ2v) is 17.5. The molecule has 2 aliphatic heterocycles. The zero-order valence-electron chi connectivity index (χ0n) is 34.0. The molecule has 2 bridgehead atoms. The number of carbonyl (C=O) groups is 2. The highest BCUT2D eigenvalue weighted by Gasteiger charge is 2.57. The number of rotatable bonds is 13. The SMILES string of the molecule is COc1c(CN2O[C@@H](CO)[C@H]([C@H](C)O)[C@H]2C(=O)N[C@H]2C[C@H]3C[C@H]([C@@H]2C)C3(C)C)cccc1-c1cc(C(=O)NC[C@H]2CC[C@@H](c3ccccc3)N2)cc(N(C)C)c1. The topological polar surface area (TPSA) is 136 Å². The van der Waals surface area contributed by atoms with Gasteiger partial charge in [-0.05, 0) is 85.1 Å². The van der Waals surface area contributed by atoms with Crippen LogP contribution in [0, 0.1) is 29.1 Å². The minimum Gasteiger partial charge on any atom is -0.496 e. The van der Waals surface area contributed by atoms with E-state index in [4.69, 9.17) is 9.57 Å². The van der Waals surface area contributed by atoms with Gasteiger partial charge in [-0.15, -0.1) is 0 Å². The first-order valence-electron chi connectivity index (χ1n) is 20.4. The molecule has 3 saturated carbocycles. The van der Waals surface area contributed by atoms with Gasteiger partial charge < -0.3 is 35.8 Å². The van der Waals surface area contributed by atoms with E-state index in [-0.39, 0.29) is 48.5 Å². The Morgan fingerprint density at radius 1 is 1.07 bits per heavy atom. The van der Waals surface area contributed by atoms with Crippen LogP contribution in [0.5, 0.6) is 5.75 Å². The van der Waals surface area contributed by atoms with E-state index in [2.05, 4.69) is 61.0 Å². The Morgan fingerprint density at radius 2 is 1.84 bits per heavy atom. The molecule has 2 amide bonds. The van der Waals surface area contributed by atoms with Crippen molar-refractivity contribution in [2.75, 3.05) is 39.3 Å². The molecule has 0 spiro atoms. The number of para-hydroxylation sites is 1. The highest BCUT2D eigenvalue weighted by atomic mass is 16.7. The maximum Gasteiger partial charge on any atom is 0.251 e. The molecule has 11 nitrogen and oxygen atoms in total. The smallest absolute Gasteiger partial charge is 0.251 e. The summed E-state index contributed by atoms with van der Waals surface area (Å²) in [6, 6.07) is 21.7. The third-order valence-corrected chi connectivity index (χ3v) is 13.6. The number of amides is 2. The van der Waals surface area contributed by atoms with E-state index in [9.17, 15) is 19.8 Å². The highest BCUT2D eigenvalue weighted by molar-refractivity contribution is 5.97. The predicted molar refractivity (Wildman–Crippen MR) is 218 cm³/mol. The van der Waals surface area contributed by atoms with Gasteiger partial charge in [-0.3, -0.25) is 14.4 Å². The minimum atomic E-state index is -0.898. The quantitative estimate of drug-likeness (QED) is 0.157. The lowest BCUT2D eigenvalue weighted by Gasteiger charge is -2.62. The largest absolute Gasteiger partial charge is 0.496 e. The van der Waals surface area contributed by atoms with Gasteiger partial charge >= 0.3 is 0 Å². The van der Waals surface area contributed by atoms with Gasteiger partial charge in [-0.1, -0.05) is 69.3 Å². The third-order valence-electron chi connectivity index (χ3n) is 13.6. The normalized spacial score (nSPS) is 30.0. The second-order valence-electron chi connectivity index (χ2n) is 17.5. The number of fused-ring (bicyclic) bond motifs is 2. The molecule has 0 aromatic heterocycles. The predicted octanol–water partition coefficient (Wildman–Crippen LogP) is 5.31. The molecule has 5 fully saturated rings. The van der Waals surface area contributed by atoms with E-state index in [1.165, 1.54) is 12.0 Å². The number of hydrogen-bond acceptors (Lipinski definition) is 9. The summed E-state index contributed by atoms with van der Waals surface area (Å²) in [4.78, 5) is 36.3.